The number of carboxylic acids is 1. The summed E-state index contributed by atoms with van der Waals surface area (Å²) in [5.41, 5.74) is 0. The van der Waals surface area contributed by atoms with Gasteiger partial charge in [0.25, 0.3) is 0 Å². The smallest absolute Gasteiger partial charge is 0.129 e. The fourth-order valence-electron chi connectivity index (χ4n) is 1.18. The van der Waals surface area contributed by atoms with E-state index in [1.807, 2.05) is 35.0 Å². The van der Waals surface area contributed by atoms with Gasteiger partial charge in [0.05, 0.1) is 27.1 Å². The van der Waals surface area contributed by atoms with Crippen molar-refractivity contribution in [3.8, 4) is 0 Å². The molecule has 12 heavy (non-hydrogen) atoms. The summed E-state index contributed by atoms with van der Waals surface area (Å²) < 4.78 is 0.431. The van der Waals surface area contributed by atoms with E-state index in [1.54, 1.807) is 0 Å². The fourth-order valence-corrected chi connectivity index (χ4v) is 1.18. The monoisotopic (exact) mass is 173 g/mol. The number of hydrogen-bond acceptors (Lipinski definition) is 2. The van der Waals surface area contributed by atoms with Crippen molar-refractivity contribution < 1.29 is 14.4 Å². The number of nitrogens with zero attached hydrogens (tertiary/aromatic N) is 1. The highest BCUT2D eigenvalue weighted by molar-refractivity contribution is 5.69. The van der Waals surface area contributed by atoms with E-state index >= 15 is 0 Å². The molecular weight excluding hydrogens is 154 g/mol. The third kappa shape index (κ3) is 3.72. The fraction of sp³-hybridized carbons (Fsp3) is 0.889. The van der Waals surface area contributed by atoms with Gasteiger partial charge in [0, 0.05) is 6.42 Å². The van der Waals surface area contributed by atoms with Gasteiger partial charge in [-0.05, 0) is 5.92 Å². The van der Waals surface area contributed by atoms with Crippen molar-refractivity contribution in [2.24, 2.45) is 5.92 Å². The van der Waals surface area contributed by atoms with Gasteiger partial charge >= 0.3 is 0 Å². The molecule has 0 fully saturated rings. The molecule has 0 amide bonds. The third-order valence-corrected chi connectivity index (χ3v) is 1.90. The number of carbonyl (C=O) groups is 1. The molecule has 0 unspecified atom stereocenters. The maximum Gasteiger partial charge on any atom is 0.129 e. The van der Waals surface area contributed by atoms with Gasteiger partial charge in [0.2, 0.25) is 0 Å². The standard InChI is InChI=1S/C9H19NO2/c1-7(2)6-8(9(11)12)10(3,4)5/h7-8H,6H2,1-5H3/t8-/m1/s1. The third-order valence-electron chi connectivity index (χ3n) is 1.90. The molecule has 0 aliphatic rings. The Hall–Kier alpha value is -0.570. The lowest BCUT2D eigenvalue weighted by molar-refractivity contribution is -0.890. The van der Waals surface area contributed by atoms with Crippen LogP contribution in [0, 0.1) is 5.92 Å². The zero-order valence-corrected chi connectivity index (χ0v) is 8.63. The number of carboxylic acid groups (broad SMARTS) is 1. The first-order valence-electron chi connectivity index (χ1n) is 4.27. The molecule has 0 heterocycles. The van der Waals surface area contributed by atoms with Crippen LogP contribution in [0.3, 0.4) is 0 Å². The SMILES string of the molecule is CC(C)C[C@H](C(=O)[O-])[N+](C)(C)C. The Morgan fingerprint density at radius 1 is 1.33 bits per heavy atom. The number of likely N-dealkylation sites (N-methyl/N-ethyl adjacent to an activating group) is 1. The van der Waals surface area contributed by atoms with E-state index in [2.05, 4.69) is 0 Å². The first kappa shape index (κ1) is 11.4. The molecule has 0 aromatic rings. The average molecular weight is 173 g/mol. The Bertz CT molecular complexity index is 158. The summed E-state index contributed by atoms with van der Waals surface area (Å²) in [5, 5.41) is 10.8. The summed E-state index contributed by atoms with van der Waals surface area (Å²) in [4.78, 5) is 10.8. The van der Waals surface area contributed by atoms with Gasteiger partial charge in [-0.1, -0.05) is 13.8 Å². The van der Waals surface area contributed by atoms with Crippen molar-refractivity contribution in [3.05, 3.63) is 0 Å². The van der Waals surface area contributed by atoms with Gasteiger partial charge < -0.3 is 14.4 Å². The van der Waals surface area contributed by atoms with Crippen LogP contribution in [0.5, 0.6) is 0 Å². The zero-order chi connectivity index (χ0) is 9.94. The maximum atomic E-state index is 10.8. The van der Waals surface area contributed by atoms with E-state index in [9.17, 15) is 9.90 Å². The first-order valence-corrected chi connectivity index (χ1v) is 4.27. The molecule has 0 rings (SSSR count). The van der Waals surface area contributed by atoms with Gasteiger partial charge in [0.15, 0.2) is 0 Å². The Balaban J connectivity index is 4.35. The second kappa shape index (κ2) is 3.90. The molecule has 0 saturated carbocycles. The van der Waals surface area contributed by atoms with Crippen LogP contribution >= 0.6 is 0 Å². The van der Waals surface area contributed by atoms with Crippen molar-refractivity contribution in [1.29, 1.82) is 0 Å². The van der Waals surface area contributed by atoms with Gasteiger partial charge in [-0.15, -0.1) is 0 Å². The summed E-state index contributed by atoms with van der Waals surface area (Å²) in [6.07, 6.45) is 0.672. The van der Waals surface area contributed by atoms with Crippen LogP contribution in [0.2, 0.25) is 0 Å². The molecule has 0 aliphatic carbocycles. The Morgan fingerprint density at radius 2 is 1.75 bits per heavy atom. The van der Waals surface area contributed by atoms with Crippen LogP contribution in [0.1, 0.15) is 20.3 Å². The topological polar surface area (TPSA) is 40.1 Å². The van der Waals surface area contributed by atoms with Crippen molar-refractivity contribution in [3.63, 3.8) is 0 Å². The minimum atomic E-state index is -0.948. The van der Waals surface area contributed by atoms with E-state index in [1.165, 1.54) is 0 Å². The minimum Gasteiger partial charge on any atom is -0.544 e. The summed E-state index contributed by atoms with van der Waals surface area (Å²) in [5.74, 6) is -0.554. The molecule has 1 atom stereocenters. The molecule has 3 heteroatoms. The number of quaternary nitrogens is 1. The summed E-state index contributed by atoms with van der Waals surface area (Å²) in [6, 6.07) is -0.398. The van der Waals surface area contributed by atoms with E-state index in [0.717, 1.165) is 0 Å². The van der Waals surface area contributed by atoms with Crippen LogP contribution in [0.15, 0.2) is 0 Å². The number of rotatable bonds is 4. The molecule has 3 nitrogen and oxygen atoms in total. The van der Waals surface area contributed by atoms with Crippen molar-refractivity contribution in [2.45, 2.75) is 26.3 Å². The first-order chi connectivity index (χ1) is 5.25. The highest BCUT2D eigenvalue weighted by atomic mass is 16.4. The highest BCUT2D eigenvalue weighted by Gasteiger charge is 2.25. The van der Waals surface area contributed by atoms with Crippen LogP contribution < -0.4 is 5.11 Å². The van der Waals surface area contributed by atoms with Crippen LogP contribution in [-0.4, -0.2) is 37.6 Å². The number of hydrogen-bond donors (Lipinski definition) is 0. The summed E-state index contributed by atoms with van der Waals surface area (Å²) in [6.45, 7) is 4.04. The van der Waals surface area contributed by atoms with E-state index in [0.29, 0.717) is 16.8 Å². The molecule has 0 spiro atoms. The highest BCUT2D eigenvalue weighted by Crippen LogP contribution is 2.12. The molecule has 0 aromatic heterocycles. The lowest BCUT2D eigenvalue weighted by Gasteiger charge is -2.35. The lowest BCUT2D eigenvalue weighted by atomic mass is 10.0. The molecule has 0 N–H and O–H groups in total. The molecule has 72 valence electrons. The van der Waals surface area contributed by atoms with Gasteiger partial charge in [-0.2, -0.15) is 0 Å². The van der Waals surface area contributed by atoms with Crippen molar-refractivity contribution >= 4 is 5.97 Å². The molecular formula is C9H19NO2. The average Bonchev–Trinajstić information content (AvgIpc) is 1.79. The lowest BCUT2D eigenvalue weighted by Crippen LogP contribution is -2.55. The Labute approximate surface area is 74.6 Å². The molecule has 0 aliphatic heterocycles. The molecule has 0 bridgehead atoms. The second-order valence-electron chi connectivity index (χ2n) is 4.58. The van der Waals surface area contributed by atoms with Gasteiger partial charge in [0.1, 0.15) is 6.04 Å². The van der Waals surface area contributed by atoms with E-state index in [4.69, 9.17) is 0 Å². The van der Waals surface area contributed by atoms with Gasteiger partial charge in [-0.3, -0.25) is 0 Å². The normalized spacial score (nSPS) is 14.8. The molecule has 0 aromatic carbocycles. The number of carbonyl (C=O) groups excluding carboxylic acids is 1. The van der Waals surface area contributed by atoms with Crippen molar-refractivity contribution in [1.82, 2.24) is 0 Å². The van der Waals surface area contributed by atoms with Crippen LogP contribution in [0.4, 0.5) is 0 Å². The molecule has 0 radical (unpaired) electrons. The van der Waals surface area contributed by atoms with Crippen LogP contribution in [-0.2, 0) is 4.79 Å². The van der Waals surface area contributed by atoms with Gasteiger partial charge in [-0.25, -0.2) is 0 Å². The molecule has 0 saturated heterocycles. The van der Waals surface area contributed by atoms with E-state index in [-0.39, 0.29) is 0 Å². The predicted molar refractivity (Wildman–Crippen MR) is 46.3 cm³/mol. The van der Waals surface area contributed by atoms with E-state index < -0.39 is 12.0 Å². The predicted octanol–water partition coefficient (Wildman–Crippen LogP) is -0.143. The minimum absolute atomic E-state index is 0.394. The summed E-state index contributed by atoms with van der Waals surface area (Å²) >= 11 is 0. The second-order valence-corrected chi connectivity index (χ2v) is 4.58. The zero-order valence-electron chi connectivity index (χ0n) is 8.63. The van der Waals surface area contributed by atoms with Crippen LogP contribution in [0.25, 0.3) is 0 Å². The summed E-state index contributed by atoms with van der Waals surface area (Å²) in [7, 11) is 5.63. The largest absolute Gasteiger partial charge is 0.544 e. The Kier molecular flexibility index (Phi) is 3.71. The number of aliphatic carboxylic acids is 1. The van der Waals surface area contributed by atoms with Crippen molar-refractivity contribution in [2.75, 3.05) is 21.1 Å². The quantitative estimate of drug-likeness (QED) is 0.555. The maximum absolute atomic E-state index is 10.8. The Morgan fingerprint density at radius 3 is 1.83 bits per heavy atom.